The number of carboxylic acids is 1. The highest BCUT2D eigenvalue weighted by molar-refractivity contribution is 6.01. The molecule has 2 saturated heterocycles. The van der Waals surface area contributed by atoms with Crippen LogP contribution in [0.15, 0.2) is 24.3 Å². The molecule has 27 heavy (non-hydrogen) atoms. The lowest BCUT2D eigenvalue weighted by atomic mass is 9.93. The second kappa shape index (κ2) is 8.33. The maximum Gasteiger partial charge on any atom is 0.303 e. The SMILES string of the molecule is O=C(O)CCC1CCCN(C(=O)c2ccc(CN3C(=O)CCC3=O)cc2)C1. The molecule has 1 N–H and O–H groups in total. The first-order valence-corrected chi connectivity index (χ1v) is 9.37. The lowest BCUT2D eigenvalue weighted by molar-refractivity contribution is -0.139. The van der Waals surface area contributed by atoms with Gasteiger partial charge < -0.3 is 10.0 Å². The van der Waals surface area contributed by atoms with Gasteiger partial charge in [0.15, 0.2) is 0 Å². The molecule has 0 radical (unpaired) electrons. The number of carboxylic acid groups (broad SMARTS) is 1. The Hall–Kier alpha value is -2.70. The molecule has 2 aliphatic rings. The first kappa shape index (κ1) is 19.1. The van der Waals surface area contributed by atoms with E-state index in [9.17, 15) is 19.2 Å². The number of likely N-dealkylation sites (tertiary alicyclic amines) is 2. The minimum Gasteiger partial charge on any atom is -0.481 e. The molecule has 1 unspecified atom stereocenters. The lowest BCUT2D eigenvalue weighted by Gasteiger charge is -2.32. The van der Waals surface area contributed by atoms with Crippen LogP contribution >= 0.6 is 0 Å². The number of rotatable bonds is 6. The Morgan fingerprint density at radius 1 is 1.07 bits per heavy atom. The van der Waals surface area contributed by atoms with Crippen molar-refractivity contribution < 1.29 is 24.3 Å². The Bertz CT molecular complexity index is 727. The third-order valence-corrected chi connectivity index (χ3v) is 5.27. The fourth-order valence-electron chi connectivity index (χ4n) is 3.73. The van der Waals surface area contributed by atoms with E-state index in [1.807, 2.05) is 0 Å². The van der Waals surface area contributed by atoms with Crippen molar-refractivity contribution in [2.45, 2.75) is 45.1 Å². The molecule has 0 aromatic heterocycles. The number of nitrogens with zero attached hydrogens (tertiary/aromatic N) is 2. The summed E-state index contributed by atoms with van der Waals surface area (Å²) in [6, 6.07) is 7.00. The quantitative estimate of drug-likeness (QED) is 0.771. The molecular weight excluding hydrogens is 348 g/mol. The Morgan fingerprint density at radius 2 is 1.74 bits per heavy atom. The monoisotopic (exact) mass is 372 g/mol. The second-order valence-electron chi connectivity index (χ2n) is 7.26. The number of carbonyl (C=O) groups excluding carboxylic acids is 3. The molecule has 3 amide bonds. The van der Waals surface area contributed by atoms with Crippen molar-refractivity contribution in [1.82, 2.24) is 9.80 Å². The smallest absolute Gasteiger partial charge is 0.303 e. The lowest BCUT2D eigenvalue weighted by Crippen LogP contribution is -2.40. The molecule has 7 heteroatoms. The van der Waals surface area contributed by atoms with Crippen molar-refractivity contribution in [2.24, 2.45) is 5.92 Å². The van der Waals surface area contributed by atoms with Crippen molar-refractivity contribution in [2.75, 3.05) is 13.1 Å². The highest BCUT2D eigenvalue weighted by Crippen LogP contribution is 2.23. The molecule has 2 aliphatic heterocycles. The van der Waals surface area contributed by atoms with Crippen molar-refractivity contribution in [3.63, 3.8) is 0 Å². The van der Waals surface area contributed by atoms with Crippen LogP contribution in [0.25, 0.3) is 0 Å². The zero-order valence-corrected chi connectivity index (χ0v) is 15.2. The molecule has 1 atom stereocenters. The van der Waals surface area contributed by atoms with Gasteiger partial charge in [0.1, 0.15) is 0 Å². The average molecular weight is 372 g/mol. The van der Waals surface area contributed by atoms with Gasteiger partial charge in [0.2, 0.25) is 11.8 Å². The molecule has 1 aromatic rings. The summed E-state index contributed by atoms with van der Waals surface area (Å²) in [4.78, 5) is 49.9. The van der Waals surface area contributed by atoms with Gasteiger partial charge in [0, 0.05) is 37.9 Å². The Labute approximate surface area is 157 Å². The van der Waals surface area contributed by atoms with Gasteiger partial charge in [-0.15, -0.1) is 0 Å². The fraction of sp³-hybridized carbons (Fsp3) is 0.500. The van der Waals surface area contributed by atoms with Crippen LogP contribution in [-0.4, -0.2) is 51.7 Å². The summed E-state index contributed by atoms with van der Waals surface area (Å²) in [6.07, 6.45) is 3.10. The first-order valence-electron chi connectivity index (χ1n) is 9.37. The predicted molar refractivity (Wildman–Crippen MR) is 96.7 cm³/mol. The van der Waals surface area contributed by atoms with E-state index in [-0.39, 0.29) is 49.4 Å². The number of carbonyl (C=O) groups is 4. The van der Waals surface area contributed by atoms with E-state index in [1.165, 1.54) is 4.90 Å². The van der Waals surface area contributed by atoms with Crippen molar-refractivity contribution in [1.29, 1.82) is 0 Å². The Balaban J connectivity index is 1.59. The summed E-state index contributed by atoms with van der Waals surface area (Å²) in [7, 11) is 0. The molecule has 0 saturated carbocycles. The maximum absolute atomic E-state index is 12.7. The van der Waals surface area contributed by atoms with E-state index in [0.29, 0.717) is 25.1 Å². The van der Waals surface area contributed by atoms with Crippen LogP contribution in [0.4, 0.5) is 0 Å². The molecule has 0 bridgehead atoms. The van der Waals surface area contributed by atoms with E-state index in [1.54, 1.807) is 29.2 Å². The molecular formula is C20H24N2O5. The van der Waals surface area contributed by atoms with Gasteiger partial charge >= 0.3 is 5.97 Å². The minimum absolute atomic E-state index is 0.0603. The van der Waals surface area contributed by atoms with Gasteiger partial charge in [-0.05, 0) is 42.9 Å². The van der Waals surface area contributed by atoms with Crippen LogP contribution in [0.2, 0.25) is 0 Å². The molecule has 2 fully saturated rings. The first-order chi connectivity index (χ1) is 12.9. The largest absolute Gasteiger partial charge is 0.481 e. The summed E-state index contributed by atoms with van der Waals surface area (Å²) in [5, 5.41) is 8.83. The number of amides is 3. The highest BCUT2D eigenvalue weighted by atomic mass is 16.4. The van der Waals surface area contributed by atoms with E-state index in [0.717, 1.165) is 18.4 Å². The molecule has 2 heterocycles. The molecule has 3 rings (SSSR count). The zero-order valence-electron chi connectivity index (χ0n) is 15.2. The average Bonchev–Trinajstić information content (AvgIpc) is 2.98. The fourth-order valence-corrected chi connectivity index (χ4v) is 3.73. The van der Waals surface area contributed by atoms with Crippen molar-refractivity contribution in [3.05, 3.63) is 35.4 Å². The molecule has 0 spiro atoms. The minimum atomic E-state index is -0.802. The highest BCUT2D eigenvalue weighted by Gasteiger charge is 2.29. The number of benzene rings is 1. The summed E-state index contributed by atoms with van der Waals surface area (Å²) in [6.45, 7) is 1.51. The summed E-state index contributed by atoms with van der Waals surface area (Å²) in [5.41, 5.74) is 1.38. The van der Waals surface area contributed by atoms with Gasteiger partial charge in [0.25, 0.3) is 5.91 Å². The van der Waals surface area contributed by atoms with Gasteiger partial charge in [-0.2, -0.15) is 0 Å². The number of hydrogen-bond acceptors (Lipinski definition) is 4. The maximum atomic E-state index is 12.7. The number of aliphatic carboxylic acids is 1. The predicted octanol–water partition coefficient (Wildman–Crippen LogP) is 2.05. The zero-order chi connectivity index (χ0) is 19.4. The van der Waals surface area contributed by atoms with Gasteiger partial charge in [-0.3, -0.25) is 24.1 Å². The van der Waals surface area contributed by atoms with Crippen LogP contribution in [-0.2, 0) is 20.9 Å². The Kier molecular flexibility index (Phi) is 5.88. The summed E-state index contributed by atoms with van der Waals surface area (Å²) < 4.78 is 0. The van der Waals surface area contributed by atoms with Crippen LogP contribution in [0.1, 0.15) is 54.4 Å². The molecule has 7 nitrogen and oxygen atoms in total. The van der Waals surface area contributed by atoms with Crippen LogP contribution in [0, 0.1) is 5.92 Å². The number of hydrogen-bond donors (Lipinski definition) is 1. The normalized spacial score (nSPS) is 20.2. The van der Waals surface area contributed by atoms with E-state index < -0.39 is 5.97 Å². The van der Waals surface area contributed by atoms with Crippen molar-refractivity contribution in [3.8, 4) is 0 Å². The number of imide groups is 1. The third-order valence-electron chi connectivity index (χ3n) is 5.27. The third kappa shape index (κ3) is 4.72. The molecule has 1 aromatic carbocycles. The van der Waals surface area contributed by atoms with Gasteiger partial charge in [0.05, 0.1) is 6.54 Å². The van der Waals surface area contributed by atoms with E-state index in [4.69, 9.17) is 5.11 Å². The van der Waals surface area contributed by atoms with Crippen molar-refractivity contribution >= 4 is 23.7 Å². The van der Waals surface area contributed by atoms with Crippen LogP contribution in [0.3, 0.4) is 0 Å². The molecule has 144 valence electrons. The van der Waals surface area contributed by atoms with E-state index >= 15 is 0 Å². The van der Waals surface area contributed by atoms with Gasteiger partial charge in [-0.25, -0.2) is 0 Å². The number of piperidine rings is 1. The topological polar surface area (TPSA) is 95.0 Å². The van der Waals surface area contributed by atoms with Crippen LogP contribution in [0.5, 0.6) is 0 Å². The van der Waals surface area contributed by atoms with E-state index in [2.05, 4.69) is 0 Å². The standard InChI is InChI=1S/C20H24N2O5/c23-17-8-9-18(24)22(17)13-15-3-6-16(7-4-15)20(27)21-11-1-2-14(12-21)5-10-19(25)26/h3-4,6-7,14H,1-2,5,8-13H2,(H,25,26). The summed E-state index contributed by atoms with van der Waals surface area (Å²) >= 11 is 0. The Morgan fingerprint density at radius 3 is 2.37 bits per heavy atom. The van der Waals surface area contributed by atoms with Crippen LogP contribution < -0.4 is 0 Å². The second-order valence-corrected chi connectivity index (χ2v) is 7.26. The molecule has 0 aliphatic carbocycles. The summed E-state index contributed by atoms with van der Waals surface area (Å²) in [5.74, 6) is -0.939. The van der Waals surface area contributed by atoms with Gasteiger partial charge in [-0.1, -0.05) is 12.1 Å².